The maximum atomic E-state index is 12.7. The lowest BCUT2D eigenvalue weighted by atomic mass is 10.2. The fourth-order valence-electron chi connectivity index (χ4n) is 1.69. The predicted molar refractivity (Wildman–Crippen MR) is 82.9 cm³/mol. The predicted octanol–water partition coefficient (Wildman–Crippen LogP) is 3.13. The highest BCUT2D eigenvalue weighted by atomic mass is 79.9. The van der Waals surface area contributed by atoms with Crippen molar-refractivity contribution in [3.8, 4) is 0 Å². The van der Waals surface area contributed by atoms with Crippen LogP contribution in [0.5, 0.6) is 0 Å². The zero-order valence-electron chi connectivity index (χ0n) is 11.5. The molecule has 1 heterocycles. The lowest BCUT2D eigenvalue weighted by Crippen LogP contribution is -2.20. The number of nitrogens with zero attached hydrogens (tertiary/aromatic N) is 2. The lowest BCUT2D eigenvalue weighted by Gasteiger charge is -2.00. The summed E-state index contributed by atoms with van der Waals surface area (Å²) in [7, 11) is 0. The minimum Gasteiger partial charge on any atom is -0.347 e. The molecule has 110 valence electrons. The molecular formula is C15H15BrFN3O. The van der Waals surface area contributed by atoms with Crippen molar-refractivity contribution in [1.29, 1.82) is 0 Å². The largest absolute Gasteiger partial charge is 0.347 e. The van der Waals surface area contributed by atoms with Crippen molar-refractivity contribution in [1.82, 2.24) is 15.1 Å². The highest BCUT2D eigenvalue weighted by molar-refractivity contribution is 9.10. The fourth-order valence-corrected chi connectivity index (χ4v) is 2.15. The third-order valence-electron chi connectivity index (χ3n) is 2.84. The van der Waals surface area contributed by atoms with Gasteiger partial charge in [0.25, 0.3) is 0 Å². The second-order valence-electron chi connectivity index (χ2n) is 4.38. The summed E-state index contributed by atoms with van der Waals surface area (Å²) in [6.07, 6.45) is 4.92. The van der Waals surface area contributed by atoms with Gasteiger partial charge in [0.2, 0.25) is 5.91 Å². The van der Waals surface area contributed by atoms with Crippen molar-refractivity contribution < 1.29 is 9.18 Å². The first-order valence-corrected chi connectivity index (χ1v) is 7.31. The number of nitrogens with one attached hydrogen (secondary N) is 1. The minimum atomic E-state index is -0.298. The number of aryl methyl sites for hydroxylation is 1. The molecule has 0 saturated heterocycles. The second kappa shape index (κ2) is 7.17. The van der Waals surface area contributed by atoms with E-state index in [0.717, 1.165) is 22.3 Å². The van der Waals surface area contributed by atoms with Gasteiger partial charge in [-0.25, -0.2) is 4.39 Å². The summed E-state index contributed by atoms with van der Waals surface area (Å²) in [5.74, 6) is -0.523. The Balaban J connectivity index is 1.89. The molecular weight excluding hydrogens is 337 g/mol. The third kappa shape index (κ3) is 4.53. The van der Waals surface area contributed by atoms with Gasteiger partial charge in [0.15, 0.2) is 0 Å². The van der Waals surface area contributed by atoms with E-state index < -0.39 is 0 Å². The Hall–Kier alpha value is -1.95. The Labute approximate surface area is 130 Å². The van der Waals surface area contributed by atoms with Crippen LogP contribution in [0.25, 0.3) is 6.08 Å². The number of carbonyl (C=O) groups is 1. The summed E-state index contributed by atoms with van der Waals surface area (Å²) in [4.78, 5) is 11.7. The SMILES string of the molecule is CCn1cc(Br)c(CNC(=O)/C=C/c2ccc(F)cc2)n1. The highest BCUT2D eigenvalue weighted by Gasteiger charge is 2.06. The molecule has 21 heavy (non-hydrogen) atoms. The summed E-state index contributed by atoms with van der Waals surface area (Å²) in [6, 6.07) is 5.93. The molecule has 0 bridgehead atoms. The van der Waals surface area contributed by atoms with Gasteiger partial charge in [-0.2, -0.15) is 5.10 Å². The van der Waals surface area contributed by atoms with Crippen LogP contribution in [-0.4, -0.2) is 15.7 Å². The molecule has 0 atom stereocenters. The number of halogens is 2. The standard InChI is InChI=1S/C15H15BrFN3O/c1-2-20-10-13(16)14(19-20)9-18-15(21)8-5-11-3-6-12(17)7-4-11/h3-8,10H,2,9H2,1H3,(H,18,21)/b8-5+. The van der Waals surface area contributed by atoms with Gasteiger partial charge in [-0.05, 0) is 46.6 Å². The summed E-state index contributed by atoms with van der Waals surface area (Å²) in [5, 5.41) is 7.07. The maximum absolute atomic E-state index is 12.7. The van der Waals surface area contributed by atoms with E-state index in [1.807, 2.05) is 13.1 Å². The quantitative estimate of drug-likeness (QED) is 0.841. The average molecular weight is 352 g/mol. The van der Waals surface area contributed by atoms with E-state index in [1.165, 1.54) is 18.2 Å². The summed E-state index contributed by atoms with van der Waals surface area (Å²) >= 11 is 3.40. The number of carbonyl (C=O) groups excluding carboxylic acids is 1. The zero-order valence-corrected chi connectivity index (χ0v) is 13.1. The minimum absolute atomic E-state index is 0.225. The van der Waals surface area contributed by atoms with Gasteiger partial charge < -0.3 is 5.32 Å². The van der Waals surface area contributed by atoms with E-state index in [2.05, 4.69) is 26.3 Å². The van der Waals surface area contributed by atoms with E-state index in [-0.39, 0.29) is 11.7 Å². The maximum Gasteiger partial charge on any atom is 0.244 e. The van der Waals surface area contributed by atoms with Crippen LogP contribution in [0.15, 0.2) is 41.0 Å². The van der Waals surface area contributed by atoms with Gasteiger partial charge in [-0.3, -0.25) is 9.48 Å². The smallest absolute Gasteiger partial charge is 0.244 e. The van der Waals surface area contributed by atoms with Crippen molar-refractivity contribution >= 4 is 27.9 Å². The first-order chi connectivity index (χ1) is 10.1. The van der Waals surface area contributed by atoms with Crippen molar-refractivity contribution in [2.75, 3.05) is 0 Å². The molecule has 0 unspecified atom stereocenters. The number of hydrogen-bond acceptors (Lipinski definition) is 2. The lowest BCUT2D eigenvalue weighted by molar-refractivity contribution is -0.116. The van der Waals surface area contributed by atoms with Crippen LogP contribution in [-0.2, 0) is 17.9 Å². The molecule has 0 fully saturated rings. The summed E-state index contributed by atoms with van der Waals surface area (Å²) < 4.78 is 15.4. The third-order valence-corrected chi connectivity index (χ3v) is 3.50. The van der Waals surface area contributed by atoms with Gasteiger partial charge in [-0.15, -0.1) is 0 Å². The van der Waals surface area contributed by atoms with E-state index >= 15 is 0 Å². The fraction of sp³-hybridized carbons (Fsp3) is 0.200. The Morgan fingerprint density at radius 1 is 1.43 bits per heavy atom. The van der Waals surface area contributed by atoms with Gasteiger partial charge in [0, 0.05) is 18.8 Å². The number of aromatic nitrogens is 2. The molecule has 0 aliphatic carbocycles. The number of hydrogen-bond donors (Lipinski definition) is 1. The van der Waals surface area contributed by atoms with Crippen molar-refractivity contribution in [3.63, 3.8) is 0 Å². The van der Waals surface area contributed by atoms with E-state index in [0.29, 0.717) is 6.54 Å². The highest BCUT2D eigenvalue weighted by Crippen LogP contribution is 2.14. The molecule has 1 aromatic carbocycles. The Morgan fingerprint density at radius 2 is 2.14 bits per heavy atom. The summed E-state index contributed by atoms with van der Waals surface area (Å²) in [5.41, 5.74) is 1.54. The van der Waals surface area contributed by atoms with Crippen LogP contribution in [0, 0.1) is 5.82 Å². The van der Waals surface area contributed by atoms with E-state index in [9.17, 15) is 9.18 Å². The van der Waals surface area contributed by atoms with Crippen LogP contribution in [0.1, 0.15) is 18.2 Å². The number of rotatable bonds is 5. The molecule has 0 aliphatic heterocycles. The van der Waals surface area contributed by atoms with E-state index in [4.69, 9.17) is 0 Å². The molecule has 0 aliphatic rings. The monoisotopic (exact) mass is 351 g/mol. The van der Waals surface area contributed by atoms with Crippen LogP contribution >= 0.6 is 15.9 Å². The van der Waals surface area contributed by atoms with Gasteiger partial charge in [0.05, 0.1) is 16.7 Å². The molecule has 1 amide bonds. The Bertz CT molecular complexity index is 649. The second-order valence-corrected chi connectivity index (χ2v) is 5.24. The average Bonchev–Trinajstić information content (AvgIpc) is 2.85. The summed E-state index contributed by atoms with van der Waals surface area (Å²) in [6.45, 7) is 3.12. The molecule has 2 aromatic rings. The van der Waals surface area contributed by atoms with Crippen molar-refractivity contribution in [2.45, 2.75) is 20.0 Å². The Kier molecular flexibility index (Phi) is 5.27. The molecule has 0 saturated carbocycles. The van der Waals surface area contributed by atoms with Crippen LogP contribution in [0.2, 0.25) is 0 Å². The van der Waals surface area contributed by atoms with Crippen LogP contribution < -0.4 is 5.32 Å². The molecule has 6 heteroatoms. The van der Waals surface area contributed by atoms with Crippen LogP contribution in [0.3, 0.4) is 0 Å². The molecule has 0 radical (unpaired) electrons. The Morgan fingerprint density at radius 3 is 2.76 bits per heavy atom. The number of amides is 1. The topological polar surface area (TPSA) is 46.9 Å². The van der Waals surface area contributed by atoms with Gasteiger partial charge in [-0.1, -0.05) is 12.1 Å². The van der Waals surface area contributed by atoms with Gasteiger partial charge in [0.1, 0.15) is 5.82 Å². The first-order valence-electron chi connectivity index (χ1n) is 6.52. The normalized spacial score (nSPS) is 11.0. The van der Waals surface area contributed by atoms with Crippen molar-refractivity contribution in [2.24, 2.45) is 0 Å². The molecule has 0 spiro atoms. The molecule has 1 N–H and O–H groups in total. The molecule has 4 nitrogen and oxygen atoms in total. The molecule has 2 rings (SSSR count). The van der Waals surface area contributed by atoms with E-state index in [1.54, 1.807) is 22.9 Å². The van der Waals surface area contributed by atoms with Crippen molar-refractivity contribution in [3.05, 3.63) is 58.1 Å². The molecule has 1 aromatic heterocycles. The zero-order chi connectivity index (χ0) is 15.2. The van der Waals surface area contributed by atoms with Crippen LogP contribution in [0.4, 0.5) is 4.39 Å². The van der Waals surface area contributed by atoms with Gasteiger partial charge >= 0.3 is 0 Å². The number of benzene rings is 1. The first kappa shape index (κ1) is 15.4.